The van der Waals surface area contributed by atoms with Crippen molar-refractivity contribution in [3.63, 3.8) is 0 Å². The molecule has 1 nitrogen and oxygen atoms in total. The number of likely N-dealkylation sites (tertiary alicyclic amines) is 1. The highest BCUT2D eigenvalue weighted by Gasteiger charge is 2.35. The van der Waals surface area contributed by atoms with Gasteiger partial charge in [0, 0.05) is 5.54 Å². The van der Waals surface area contributed by atoms with Crippen LogP contribution in [0.5, 0.6) is 0 Å². The van der Waals surface area contributed by atoms with Gasteiger partial charge >= 0.3 is 0 Å². The van der Waals surface area contributed by atoms with Gasteiger partial charge in [-0.2, -0.15) is 0 Å². The average molecular weight is 280 g/mol. The van der Waals surface area contributed by atoms with E-state index in [-0.39, 0.29) is 0 Å². The quantitative estimate of drug-likeness (QED) is 0.625. The number of rotatable bonds is 1. The Bertz CT molecular complexity index is 259. The van der Waals surface area contributed by atoms with Gasteiger partial charge in [0.1, 0.15) is 0 Å². The van der Waals surface area contributed by atoms with Gasteiger partial charge in [-0.15, -0.1) is 0 Å². The van der Waals surface area contributed by atoms with Crippen LogP contribution in [0.25, 0.3) is 0 Å². The molecule has 0 bridgehead atoms. The van der Waals surface area contributed by atoms with Crippen LogP contribution in [0.3, 0.4) is 0 Å². The molecule has 1 heteroatoms. The van der Waals surface area contributed by atoms with E-state index < -0.39 is 0 Å². The fraction of sp³-hybridized carbons (Fsp3) is 1.00. The summed E-state index contributed by atoms with van der Waals surface area (Å²) in [6, 6.07) is 0. The minimum Gasteiger partial charge on any atom is -0.298 e. The number of piperidine rings is 1. The van der Waals surface area contributed by atoms with Crippen molar-refractivity contribution in [1.29, 1.82) is 0 Å². The van der Waals surface area contributed by atoms with Crippen LogP contribution in [-0.4, -0.2) is 23.5 Å². The minimum absolute atomic E-state index is 0.370. The second-order valence-electron chi connectivity index (χ2n) is 9.47. The zero-order valence-electron chi connectivity index (χ0n) is 14.8. The molecule has 1 aliphatic carbocycles. The standard InChI is InChI=1S/C19H37N/c1-18(2,3)17-9-7-15(8-10-17)16-11-13-20(14-12-16)19(4,5)6/h15-17H,7-14H2,1-6H3. The first-order valence-electron chi connectivity index (χ1n) is 8.93. The van der Waals surface area contributed by atoms with Crippen LogP contribution in [0.4, 0.5) is 0 Å². The Kier molecular flexibility index (Phi) is 4.89. The summed E-state index contributed by atoms with van der Waals surface area (Å²) in [4.78, 5) is 2.68. The lowest BCUT2D eigenvalue weighted by molar-refractivity contribution is 0.0494. The maximum Gasteiger partial charge on any atom is 0.0125 e. The summed E-state index contributed by atoms with van der Waals surface area (Å²) in [5.74, 6) is 3.03. The molecular formula is C19H37N. The summed E-state index contributed by atoms with van der Waals surface area (Å²) < 4.78 is 0. The Morgan fingerprint density at radius 2 is 1.10 bits per heavy atom. The summed E-state index contributed by atoms with van der Waals surface area (Å²) in [6.07, 6.45) is 8.86. The molecule has 1 heterocycles. The van der Waals surface area contributed by atoms with Crippen LogP contribution in [0.2, 0.25) is 0 Å². The Morgan fingerprint density at radius 3 is 1.50 bits per heavy atom. The third-order valence-corrected chi connectivity index (χ3v) is 6.15. The molecule has 0 atom stereocenters. The fourth-order valence-corrected chi connectivity index (χ4v) is 4.50. The molecule has 0 aromatic carbocycles. The molecule has 1 aliphatic heterocycles. The fourth-order valence-electron chi connectivity index (χ4n) is 4.50. The molecule has 20 heavy (non-hydrogen) atoms. The zero-order chi connectivity index (χ0) is 15.0. The molecular weight excluding hydrogens is 242 g/mol. The van der Waals surface area contributed by atoms with Gasteiger partial charge in [-0.3, -0.25) is 4.90 Å². The first-order valence-corrected chi connectivity index (χ1v) is 8.93. The van der Waals surface area contributed by atoms with Gasteiger partial charge in [-0.25, -0.2) is 0 Å². The van der Waals surface area contributed by atoms with Gasteiger partial charge in [0.2, 0.25) is 0 Å². The van der Waals surface area contributed by atoms with Crippen molar-refractivity contribution in [3.8, 4) is 0 Å². The van der Waals surface area contributed by atoms with E-state index in [1.54, 1.807) is 0 Å². The van der Waals surface area contributed by atoms with Crippen molar-refractivity contribution in [2.45, 2.75) is 85.6 Å². The van der Waals surface area contributed by atoms with Crippen molar-refractivity contribution < 1.29 is 0 Å². The second kappa shape index (κ2) is 5.99. The molecule has 2 aliphatic rings. The maximum atomic E-state index is 2.68. The van der Waals surface area contributed by atoms with Crippen molar-refractivity contribution >= 4 is 0 Å². The second-order valence-corrected chi connectivity index (χ2v) is 9.47. The first kappa shape index (κ1) is 16.3. The van der Waals surface area contributed by atoms with Gasteiger partial charge in [0.25, 0.3) is 0 Å². The molecule has 0 aromatic heterocycles. The Labute approximate surface area is 127 Å². The van der Waals surface area contributed by atoms with Crippen LogP contribution < -0.4 is 0 Å². The minimum atomic E-state index is 0.370. The molecule has 0 amide bonds. The van der Waals surface area contributed by atoms with Gasteiger partial charge in [0.15, 0.2) is 0 Å². The van der Waals surface area contributed by atoms with Crippen LogP contribution in [-0.2, 0) is 0 Å². The molecule has 0 unspecified atom stereocenters. The van der Waals surface area contributed by atoms with Crippen molar-refractivity contribution in [2.24, 2.45) is 23.2 Å². The zero-order valence-corrected chi connectivity index (χ0v) is 14.8. The predicted octanol–water partition coefficient (Wildman–Crippen LogP) is 5.35. The van der Waals surface area contributed by atoms with Gasteiger partial charge < -0.3 is 0 Å². The molecule has 1 saturated heterocycles. The number of hydrogen-bond donors (Lipinski definition) is 0. The van der Waals surface area contributed by atoms with Crippen molar-refractivity contribution in [2.75, 3.05) is 13.1 Å². The van der Waals surface area contributed by atoms with E-state index in [0.717, 1.165) is 17.8 Å². The van der Waals surface area contributed by atoms with Crippen molar-refractivity contribution in [3.05, 3.63) is 0 Å². The van der Waals surface area contributed by atoms with E-state index in [4.69, 9.17) is 0 Å². The summed E-state index contributed by atoms with van der Waals surface area (Å²) in [5, 5.41) is 0. The summed E-state index contributed by atoms with van der Waals surface area (Å²) >= 11 is 0. The summed E-state index contributed by atoms with van der Waals surface area (Å²) in [7, 11) is 0. The third kappa shape index (κ3) is 4.00. The number of hydrogen-bond acceptors (Lipinski definition) is 1. The Balaban J connectivity index is 1.79. The van der Waals surface area contributed by atoms with E-state index in [9.17, 15) is 0 Å². The highest BCUT2D eigenvalue weighted by molar-refractivity contribution is 4.87. The predicted molar refractivity (Wildman–Crippen MR) is 89.0 cm³/mol. The van der Waals surface area contributed by atoms with E-state index in [1.165, 1.54) is 51.6 Å². The number of nitrogens with zero attached hydrogens (tertiary/aromatic N) is 1. The molecule has 2 rings (SSSR count). The third-order valence-electron chi connectivity index (χ3n) is 6.15. The summed E-state index contributed by atoms with van der Waals surface area (Å²) in [6.45, 7) is 17.0. The highest BCUT2D eigenvalue weighted by atomic mass is 15.2. The largest absolute Gasteiger partial charge is 0.298 e. The molecule has 118 valence electrons. The topological polar surface area (TPSA) is 3.24 Å². The van der Waals surface area contributed by atoms with Gasteiger partial charge in [-0.1, -0.05) is 20.8 Å². The van der Waals surface area contributed by atoms with Gasteiger partial charge in [0.05, 0.1) is 0 Å². The molecule has 0 aromatic rings. The van der Waals surface area contributed by atoms with Gasteiger partial charge in [-0.05, 0) is 95.6 Å². The SMILES string of the molecule is CC(C)(C)C1CCC(C2CCN(C(C)(C)C)CC2)CC1. The average Bonchev–Trinajstić information content (AvgIpc) is 2.37. The van der Waals surface area contributed by atoms with Crippen LogP contribution in [0.1, 0.15) is 80.1 Å². The molecule has 0 spiro atoms. The van der Waals surface area contributed by atoms with Crippen LogP contribution in [0, 0.1) is 23.2 Å². The van der Waals surface area contributed by atoms with E-state index >= 15 is 0 Å². The Morgan fingerprint density at radius 1 is 0.650 bits per heavy atom. The lowest BCUT2D eigenvalue weighted by Crippen LogP contribution is -2.47. The first-order chi connectivity index (χ1) is 9.18. The maximum absolute atomic E-state index is 2.68. The molecule has 2 fully saturated rings. The monoisotopic (exact) mass is 279 g/mol. The van der Waals surface area contributed by atoms with E-state index in [0.29, 0.717) is 11.0 Å². The van der Waals surface area contributed by atoms with Crippen LogP contribution >= 0.6 is 0 Å². The lowest BCUT2D eigenvalue weighted by Gasteiger charge is -2.45. The highest BCUT2D eigenvalue weighted by Crippen LogP contribution is 2.44. The van der Waals surface area contributed by atoms with Crippen LogP contribution in [0.15, 0.2) is 0 Å². The normalized spacial score (nSPS) is 31.5. The molecule has 0 radical (unpaired) electrons. The lowest BCUT2D eigenvalue weighted by atomic mass is 9.66. The Hall–Kier alpha value is -0.0400. The smallest absolute Gasteiger partial charge is 0.0125 e. The summed E-state index contributed by atoms with van der Waals surface area (Å²) in [5.41, 5.74) is 0.898. The molecule has 1 saturated carbocycles. The van der Waals surface area contributed by atoms with Crippen molar-refractivity contribution in [1.82, 2.24) is 4.90 Å². The molecule has 0 N–H and O–H groups in total. The van der Waals surface area contributed by atoms with E-state index in [2.05, 4.69) is 46.4 Å². The van der Waals surface area contributed by atoms with E-state index in [1.807, 2.05) is 0 Å².